The number of ether oxygens (including phenoxy) is 1. The summed E-state index contributed by atoms with van der Waals surface area (Å²) in [5, 5.41) is 15.9. The van der Waals surface area contributed by atoms with E-state index >= 15 is 0 Å². The minimum Gasteiger partial charge on any atom is -0.444 e. The van der Waals surface area contributed by atoms with Gasteiger partial charge in [0.1, 0.15) is 5.60 Å². The maximum Gasteiger partial charge on any atom is 0.410 e. The highest BCUT2D eigenvalue weighted by Gasteiger charge is 2.25. The van der Waals surface area contributed by atoms with E-state index in [2.05, 4.69) is 29.4 Å². The van der Waals surface area contributed by atoms with Gasteiger partial charge in [-0.15, -0.1) is 0 Å². The highest BCUT2D eigenvalue weighted by Crippen LogP contribution is 2.12. The first kappa shape index (κ1) is 25.5. The zero-order chi connectivity index (χ0) is 21.7. The monoisotopic (exact) mass is 413 g/mol. The molecule has 29 heavy (non-hydrogen) atoms. The van der Waals surface area contributed by atoms with Gasteiger partial charge in [-0.25, -0.2) is 4.79 Å². The highest BCUT2D eigenvalue weighted by molar-refractivity contribution is 5.79. The maximum atomic E-state index is 12.1. The number of aliphatic imine (C=N–C) groups is 1. The Morgan fingerprint density at radius 3 is 2.38 bits per heavy atom. The van der Waals surface area contributed by atoms with Gasteiger partial charge in [-0.1, -0.05) is 13.3 Å². The van der Waals surface area contributed by atoms with Crippen molar-refractivity contribution in [3.8, 4) is 0 Å². The van der Waals surface area contributed by atoms with Gasteiger partial charge in [-0.3, -0.25) is 9.89 Å². The molecule has 3 N–H and O–H groups in total. The van der Waals surface area contributed by atoms with Gasteiger partial charge in [0.25, 0.3) is 0 Å². The number of hydrogen-bond donors (Lipinski definition) is 3. The van der Waals surface area contributed by atoms with Crippen molar-refractivity contribution in [2.45, 2.75) is 59.5 Å². The molecule has 1 aliphatic heterocycles. The minimum absolute atomic E-state index is 0.221. The Morgan fingerprint density at radius 2 is 1.83 bits per heavy atom. The number of piperazine rings is 1. The van der Waals surface area contributed by atoms with Crippen LogP contribution < -0.4 is 10.6 Å². The number of amides is 1. The lowest BCUT2D eigenvalue weighted by Gasteiger charge is -2.35. The molecule has 1 heterocycles. The van der Waals surface area contributed by atoms with E-state index in [1.165, 1.54) is 0 Å². The summed E-state index contributed by atoms with van der Waals surface area (Å²) in [6, 6.07) is 0. The molecule has 1 amide bonds. The van der Waals surface area contributed by atoms with Crippen molar-refractivity contribution in [2.75, 3.05) is 59.0 Å². The molecule has 1 fully saturated rings. The van der Waals surface area contributed by atoms with E-state index in [9.17, 15) is 9.90 Å². The molecule has 0 aromatic rings. The minimum atomic E-state index is -0.451. The van der Waals surface area contributed by atoms with E-state index in [-0.39, 0.29) is 12.7 Å². The first-order chi connectivity index (χ1) is 13.8. The van der Waals surface area contributed by atoms with Crippen molar-refractivity contribution in [2.24, 2.45) is 10.9 Å². The van der Waals surface area contributed by atoms with Crippen LogP contribution in [0.4, 0.5) is 4.79 Å². The molecule has 170 valence electrons. The third kappa shape index (κ3) is 11.3. The van der Waals surface area contributed by atoms with Gasteiger partial charge in [0.15, 0.2) is 5.96 Å². The standard InChI is InChI=1S/C21H43N5O3/c1-6-8-18(9-16-27)17-24-19(22-7-2)23-10-11-25-12-14-26(15-13-25)20(28)29-21(3,4)5/h18,27H,6-17H2,1-5H3,(H2,22,23,24). The summed E-state index contributed by atoms with van der Waals surface area (Å²) >= 11 is 0. The second-order valence-electron chi connectivity index (χ2n) is 8.62. The summed E-state index contributed by atoms with van der Waals surface area (Å²) < 4.78 is 5.45. The number of hydrogen-bond acceptors (Lipinski definition) is 5. The van der Waals surface area contributed by atoms with Crippen molar-refractivity contribution in [1.29, 1.82) is 0 Å². The zero-order valence-corrected chi connectivity index (χ0v) is 19.2. The van der Waals surface area contributed by atoms with Crippen LogP contribution in [0.5, 0.6) is 0 Å². The fourth-order valence-electron chi connectivity index (χ4n) is 3.29. The van der Waals surface area contributed by atoms with Crippen molar-refractivity contribution in [3.63, 3.8) is 0 Å². The molecule has 0 radical (unpaired) electrons. The first-order valence-electron chi connectivity index (χ1n) is 11.1. The number of aliphatic hydroxyl groups excluding tert-OH is 1. The van der Waals surface area contributed by atoms with Crippen molar-refractivity contribution >= 4 is 12.1 Å². The molecule has 1 atom stereocenters. The Kier molecular flexibility index (Phi) is 12.0. The summed E-state index contributed by atoms with van der Waals surface area (Å²) in [7, 11) is 0. The highest BCUT2D eigenvalue weighted by atomic mass is 16.6. The van der Waals surface area contributed by atoms with Gasteiger partial charge in [0.05, 0.1) is 0 Å². The molecule has 0 aromatic carbocycles. The average Bonchev–Trinajstić information content (AvgIpc) is 2.65. The van der Waals surface area contributed by atoms with Gasteiger partial charge >= 0.3 is 6.09 Å². The largest absolute Gasteiger partial charge is 0.444 e. The Bertz CT molecular complexity index is 479. The molecule has 1 saturated heterocycles. The summed E-state index contributed by atoms with van der Waals surface area (Å²) in [4.78, 5) is 21.0. The molecule has 1 rings (SSSR count). The Morgan fingerprint density at radius 1 is 1.14 bits per heavy atom. The molecule has 0 aliphatic carbocycles. The van der Waals surface area contributed by atoms with Crippen molar-refractivity contribution < 1.29 is 14.6 Å². The first-order valence-corrected chi connectivity index (χ1v) is 11.1. The second-order valence-corrected chi connectivity index (χ2v) is 8.62. The van der Waals surface area contributed by atoms with Crippen LogP contribution in [-0.2, 0) is 4.74 Å². The van der Waals surface area contributed by atoms with Gasteiger partial charge in [-0.05, 0) is 46.5 Å². The summed E-state index contributed by atoms with van der Waals surface area (Å²) in [5.41, 5.74) is -0.451. The van der Waals surface area contributed by atoms with Crippen LogP contribution in [0.1, 0.15) is 53.9 Å². The van der Waals surface area contributed by atoms with E-state index in [1.54, 1.807) is 4.90 Å². The fraction of sp³-hybridized carbons (Fsp3) is 0.905. The van der Waals surface area contributed by atoms with Crippen LogP contribution in [0, 0.1) is 5.92 Å². The molecular weight excluding hydrogens is 370 g/mol. The molecule has 0 saturated carbocycles. The molecule has 1 aliphatic rings. The van der Waals surface area contributed by atoms with Gasteiger partial charge in [-0.2, -0.15) is 0 Å². The molecule has 1 unspecified atom stereocenters. The quantitative estimate of drug-likeness (QED) is 0.374. The Balaban J connectivity index is 2.36. The van der Waals surface area contributed by atoms with Crippen LogP contribution >= 0.6 is 0 Å². The number of nitrogens with zero attached hydrogens (tertiary/aromatic N) is 3. The lowest BCUT2D eigenvalue weighted by molar-refractivity contribution is 0.0147. The van der Waals surface area contributed by atoms with Crippen LogP contribution in [-0.4, -0.2) is 91.5 Å². The van der Waals surface area contributed by atoms with Crippen LogP contribution in [0.2, 0.25) is 0 Å². The Labute approximate surface area is 177 Å². The SMILES string of the molecule is CCCC(CCO)CN=C(NCC)NCCN1CCN(C(=O)OC(C)(C)C)CC1. The fourth-order valence-corrected chi connectivity index (χ4v) is 3.29. The predicted octanol–water partition coefficient (Wildman–Crippen LogP) is 1.89. The summed E-state index contributed by atoms with van der Waals surface area (Å²) in [6.45, 7) is 16.5. The normalized spacial score (nSPS) is 17.2. The molecule has 8 heteroatoms. The smallest absolute Gasteiger partial charge is 0.410 e. The number of rotatable bonds is 10. The van der Waals surface area contributed by atoms with E-state index in [4.69, 9.17) is 9.73 Å². The van der Waals surface area contributed by atoms with Crippen molar-refractivity contribution in [1.82, 2.24) is 20.4 Å². The third-order valence-corrected chi connectivity index (χ3v) is 4.83. The van der Waals surface area contributed by atoms with Crippen LogP contribution in [0.15, 0.2) is 4.99 Å². The molecule has 0 aromatic heterocycles. The lowest BCUT2D eigenvalue weighted by atomic mass is 10.0. The van der Waals surface area contributed by atoms with Gasteiger partial charge < -0.3 is 25.4 Å². The number of aliphatic hydroxyl groups is 1. The molecular formula is C21H43N5O3. The second kappa shape index (κ2) is 13.6. The van der Waals surface area contributed by atoms with Gasteiger partial charge in [0.2, 0.25) is 0 Å². The summed E-state index contributed by atoms with van der Waals surface area (Å²) in [6.07, 6.45) is 2.78. The van der Waals surface area contributed by atoms with E-state index in [0.29, 0.717) is 19.0 Å². The van der Waals surface area contributed by atoms with Crippen molar-refractivity contribution in [3.05, 3.63) is 0 Å². The third-order valence-electron chi connectivity index (χ3n) is 4.83. The average molecular weight is 414 g/mol. The van der Waals surface area contributed by atoms with E-state index in [0.717, 1.165) is 64.5 Å². The Hall–Kier alpha value is -1.54. The number of carbonyl (C=O) groups is 1. The van der Waals surface area contributed by atoms with E-state index in [1.807, 2.05) is 20.8 Å². The molecule has 0 bridgehead atoms. The zero-order valence-electron chi connectivity index (χ0n) is 19.2. The number of nitrogens with one attached hydrogen (secondary N) is 2. The number of guanidine groups is 1. The number of carbonyl (C=O) groups excluding carboxylic acids is 1. The summed E-state index contributed by atoms with van der Waals surface area (Å²) in [5.74, 6) is 1.26. The van der Waals surface area contributed by atoms with Crippen LogP contribution in [0.3, 0.4) is 0 Å². The predicted molar refractivity (Wildman–Crippen MR) is 118 cm³/mol. The lowest BCUT2D eigenvalue weighted by Crippen LogP contribution is -2.51. The topological polar surface area (TPSA) is 89.4 Å². The van der Waals surface area contributed by atoms with E-state index < -0.39 is 5.60 Å². The molecule has 8 nitrogen and oxygen atoms in total. The van der Waals surface area contributed by atoms with Gasteiger partial charge in [0, 0.05) is 59.0 Å². The maximum absolute atomic E-state index is 12.1. The molecule has 0 spiro atoms. The van der Waals surface area contributed by atoms with Crippen LogP contribution in [0.25, 0.3) is 0 Å².